The Morgan fingerprint density at radius 2 is 2.00 bits per heavy atom. The van der Waals surface area contributed by atoms with Gasteiger partial charge in [-0.05, 0) is 0 Å². The van der Waals surface area contributed by atoms with Crippen LogP contribution in [0.2, 0.25) is 0 Å². The van der Waals surface area contributed by atoms with Crippen LogP contribution in [0.4, 0.5) is 0 Å². The van der Waals surface area contributed by atoms with E-state index in [1.165, 1.54) is 0 Å². The Morgan fingerprint density at radius 1 is 1.30 bits per heavy atom. The zero-order valence-corrected chi connectivity index (χ0v) is 5.60. The van der Waals surface area contributed by atoms with Gasteiger partial charge in [-0.25, -0.2) is 0 Å². The zero-order chi connectivity index (χ0) is 7.56. The fourth-order valence-electron chi connectivity index (χ4n) is 0.967. The van der Waals surface area contributed by atoms with Gasteiger partial charge in [0.1, 0.15) is 6.10 Å². The van der Waals surface area contributed by atoms with Crippen LogP contribution in [-0.4, -0.2) is 46.8 Å². The molecule has 1 fully saturated rings. The number of aliphatic hydroxyl groups is 3. The van der Waals surface area contributed by atoms with E-state index < -0.39 is 12.2 Å². The summed E-state index contributed by atoms with van der Waals surface area (Å²) in [5.74, 6) is 0. The van der Waals surface area contributed by atoms with Gasteiger partial charge in [-0.1, -0.05) is 0 Å². The van der Waals surface area contributed by atoms with Crippen LogP contribution < -0.4 is 0 Å². The lowest BCUT2D eigenvalue weighted by Crippen LogP contribution is -2.42. The summed E-state index contributed by atoms with van der Waals surface area (Å²) in [6.07, 6.45) is -1.52. The molecule has 1 saturated heterocycles. The molecular formula is C6H12O4. The van der Waals surface area contributed by atoms with Gasteiger partial charge in [0.05, 0.1) is 25.4 Å². The normalized spacial score (nSPS) is 41.7. The second-order valence-corrected chi connectivity index (χ2v) is 2.51. The highest BCUT2D eigenvalue weighted by Gasteiger charge is 2.27. The van der Waals surface area contributed by atoms with Crippen molar-refractivity contribution in [2.45, 2.75) is 24.7 Å². The molecule has 0 bridgehead atoms. The molecule has 60 valence electrons. The van der Waals surface area contributed by atoms with Gasteiger partial charge in [-0.3, -0.25) is 0 Å². The minimum atomic E-state index is -0.789. The fraction of sp³-hybridized carbons (Fsp3) is 1.00. The van der Waals surface area contributed by atoms with E-state index in [1.807, 2.05) is 0 Å². The lowest BCUT2D eigenvalue weighted by Gasteiger charge is -2.29. The number of rotatable bonds is 1. The van der Waals surface area contributed by atoms with Crippen molar-refractivity contribution in [3.05, 3.63) is 0 Å². The summed E-state index contributed by atoms with van der Waals surface area (Å²) in [6.45, 7) is 0.0240. The second kappa shape index (κ2) is 3.30. The SMILES string of the molecule is OC[C@H]1C[C@@H](O)[C@H](O)CO1. The fourth-order valence-corrected chi connectivity index (χ4v) is 0.967. The maximum absolute atomic E-state index is 9.04. The van der Waals surface area contributed by atoms with Crippen molar-refractivity contribution in [2.24, 2.45) is 0 Å². The summed E-state index contributed by atoms with van der Waals surface area (Å²) in [4.78, 5) is 0. The third-order valence-corrected chi connectivity index (χ3v) is 1.65. The third kappa shape index (κ3) is 1.67. The van der Waals surface area contributed by atoms with E-state index in [4.69, 9.17) is 20.1 Å². The number of hydrogen-bond donors (Lipinski definition) is 3. The molecule has 4 heteroatoms. The van der Waals surface area contributed by atoms with Crippen molar-refractivity contribution in [3.63, 3.8) is 0 Å². The maximum atomic E-state index is 9.04. The molecule has 0 amide bonds. The van der Waals surface area contributed by atoms with Crippen molar-refractivity contribution in [1.82, 2.24) is 0 Å². The predicted octanol–water partition coefficient (Wildman–Crippen LogP) is -1.51. The van der Waals surface area contributed by atoms with Crippen molar-refractivity contribution in [2.75, 3.05) is 13.2 Å². The summed E-state index contributed by atoms with van der Waals surface area (Å²) >= 11 is 0. The molecule has 1 aliphatic heterocycles. The van der Waals surface area contributed by atoms with Crippen molar-refractivity contribution in [1.29, 1.82) is 0 Å². The van der Waals surface area contributed by atoms with Crippen molar-refractivity contribution in [3.8, 4) is 0 Å². The summed E-state index contributed by atoms with van der Waals surface area (Å²) in [5, 5.41) is 26.5. The van der Waals surface area contributed by atoms with Crippen LogP contribution >= 0.6 is 0 Å². The molecule has 0 spiro atoms. The van der Waals surface area contributed by atoms with Gasteiger partial charge < -0.3 is 20.1 Å². The first-order chi connectivity index (χ1) is 4.74. The minimum absolute atomic E-state index is 0.0935. The third-order valence-electron chi connectivity index (χ3n) is 1.65. The molecule has 3 N–H and O–H groups in total. The Bertz CT molecular complexity index is 106. The van der Waals surface area contributed by atoms with Gasteiger partial charge in [-0.2, -0.15) is 0 Å². The Hall–Kier alpha value is -0.160. The topological polar surface area (TPSA) is 69.9 Å². The molecule has 4 nitrogen and oxygen atoms in total. The standard InChI is InChI=1S/C6H12O4/c7-2-4-1-5(8)6(9)3-10-4/h4-9H,1-3H2/t4-,5-,6-/m1/s1. The van der Waals surface area contributed by atoms with E-state index in [2.05, 4.69) is 0 Å². The Labute approximate surface area is 59.1 Å². The Kier molecular flexibility index (Phi) is 2.62. The quantitative estimate of drug-likeness (QED) is 0.423. The first-order valence-electron chi connectivity index (χ1n) is 3.32. The van der Waals surface area contributed by atoms with Crippen LogP contribution in [0.3, 0.4) is 0 Å². The van der Waals surface area contributed by atoms with Crippen LogP contribution in [0.1, 0.15) is 6.42 Å². The maximum Gasteiger partial charge on any atom is 0.103 e. The molecule has 0 aromatic heterocycles. The summed E-state index contributed by atoms with van der Waals surface area (Å²) in [6, 6.07) is 0. The molecular weight excluding hydrogens is 136 g/mol. The summed E-state index contributed by atoms with van der Waals surface area (Å²) in [5.41, 5.74) is 0. The average Bonchev–Trinajstić information content (AvgIpc) is 1.95. The van der Waals surface area contributed by atoms with Crippen molar-refractivity contribution >= 4 is 0 Å². The molecule has 0 aromatic rings. The molecule has 1 rings (SSSR count). The summed E-state index contributed by atoms with van der Waals surface area (Å²) in [7, 11) is 0. The average molecular weight is 148 g/mol. The van der Waals surface area contributed by atoms with E-state index in [0.29, 0.717) is 6.42 Å². The minimum Gasteiger partial charge on any atom is -0.394 e. The van der Waals surface area contributed by atoms with Crippen LogP contribution in [0.15, 0.2) is 0 Å². The molecule has 0 radical (unpaired) electrons. The van der Waals surface area contributed by atoms with E-state index in [0.717, 1.165) is 0 Å². The van der Waals surface area contributed by atoms with E-state index in [-0.39, 0.29) is 19.3 Å². The predicted molar refractivity (Wildman–Crippen MR) is 33.5 cm³/mol. The highest BCUT2D eigenvalue weighted by atomic mass is 16.5. The summed E-state index contributed by atoms with van der Waals surface area (Å²) < 4.78 is 4.95. The van der Waals surface area contributed by atoms with Crippen LogP contribution in [0.5, 0.6) is 0 Å². The van der Waals surface area contributed by atoms with Gasteiger partial charge >= 0.3 is 0 Å². The number of aliphatic hydroxyl groups excluding tert-OH is 3. The zero-order valence-electron chi connectivity index (χ0n) is 5.60. The monoisotopic (exact) mass is 148 g/mol. The molecule has 3 atom stereocenters. The van der Waals surface area contributed by atoms with Crippen LogP contribution in [0.25, 0.3) is 0 Å². The van der Waals surface area contributed by atoms with Crippen molar-refractivity contribution < 1.29 is 20.1 Å². The van der Waals surface area contributed by atoms with Gasteiger partial charge in [0, 0.05) is 6.42 Å². The Balaban J connectivity index is 2.33. The molecule has 1 aliphatic rings. The smallest absolute Gasteiger partial charge is 0.103 e. The van der Waals surface area contributed by atoms with Gasteiger partial charge in [0.15, 0.2) is 0 Å². The largest absolute Gasteiger partial charge is 0.394 e. The first kappa shape index (κ1) is 7.94. The molecule has 0 aromatic carbocycles. The lowest BCUT2D eigenvalue weighted by atomic mass is 10.0. The van der Waals surface area contributed by atoms with Crippen LogP contribution in [0, 0.1) is 0 Å². The Morgan fingerprint density at radius 3 is 2.50 bits per heavy atom. The molecule has 0 unspecified atom stereocenters. The molecule has 0 saturated carbocycles. The number of ether oxygens (including phenoxy) is 1. The number of hydrogen-bond acceptors (Lipinski definition) is 4. The first-order valence-corrected chi connectivity index (χ1v) is 3.32. The highest BCUT2D eigenvalue weighted by Crippen LogP contribution is 2.13. The molecule has 10 heavy (non-hydrogen) atoms. The molecule has 1 heterocycles. The van der Waals surface area contributed by atoms with E-state index in [9.17, 15) is 0 Å². The van der Waals surface area contributed by atoms with Gasteiger partial charge in [0.2, 0.25) is 0 Å². The van der Waals surface area contributed by atoms with E-state index >= 15 is 0 Å². The van der Waals surface area contributed by atoms with Gasteiger partial charge in [0.25, 0.3) is 0 Å². The molecule has 0 aliphatic carbocycles. The lowest BCUT2D eigenvalue weighted by molar-refractivity contribution is -0.131. The van der Waals surface area contributed by atoms with E-state index in [1.54, 1.807) is 0 Å². The van der Waals surface area contributed by atoms with Crippen LogP contribution in [-0.2, 0) is 4.74 Å². The highest BCUT2D eigenvalue weighted by molar-refractivity contribution is 4.76. The second-order valence-electron chi connectivity index (χ2n) is 2.51. The van der Waals surface area contributed by atoms with Gasteiger partial charge in [-0.15, -0.1) is 0 Å².